The fourth-order valence-corrected chi connectivity index (χ4v) is 6.38. The zero-order valence-electron chi connectivity index (χ0n) is 10.7. The molecule has 1 unspecified atom stereocenters. The van der Waals surface area contributed by atoms with Crippen molar-refractivity contribution in [3.8, 4) is 0 Å². The minimum Gasteiger partial charge on any atom is -0.0795 e. The van der Waals surface area contributed by atoms with Crippen molar-refractivity contribution >= 4 is 22.7 Å². The molecule has 2 aromatic carbocycles. The van der Waals surface area contributed by atoms with E-state index < -0.39 is 0 Å². The molecule has 0 aromatic heterocycles. The van der Waals surface area contributed by atoms with E-state index in [1.807, 2.05) is 11.8 Å². The van der Waals surface area contributed by atoms with E-state index in [0.717, 1.165) is 0 Å². The van der Waals surface area contributed by atoms with E-state index in [4.69, 9.17) is 0 Å². The van der Waals surface area contributed by atoms with Gasteiger partial charge < -0.3 is 0 Å². The van der Waals surface area contributed by atoms with Crippen molar-refractivity contribution in [1.82, 2.24) is 0 Å². The minimum atomic E-state index is 0.240. The molecule has 0 aliphatic carbocycles. The molecule has 2 heteroatoms. The first-order valence-corrected chi connectivity index (χ1v) is 8.50. The Bertz CT molecular complexity index is 517. The molecule has 0 amide bonds. The highest BCUT2D eigenvalue weighted by atomic mass is 32.2. The Labute approximate surface area is 116 Å². The van der Waals surface area contributed by atoms with Gasteiger partial charge in [-0.05, 0) is 37.6 Å². The third-order valence-electron chi connectivity index (χ3n) is 3.37. The molecule has 92 valence electrons. The Balaban J connectivity index is 2.17. The van der Waals surface area contributed by atoms with Gasteiger partial charge in [-0.25, -0.2) is 0 Å². The van der Waals surface area contributed by atoms with Gasteiger partial charge in [0.05, 0.1) is 20.7 Å². The van der Waals surface area contributed by atoms with Crippen molar-refractivity contribution < 1.29 is 0 Å². The van der Waals surface area contributed by atoms with E-state index in [9.17, 15) is 0 Å². The molecule has 1 aliphatic heterocycles. The zero-order valence-corrected chi connectivity index (χ0v) is 12.4. The van der Waals surface area contributed by atoms with Gasteiger partial charge in [0.15, 0.2) is 9.79 Å². The second kappa shape index (κ2) is 5.02. The van der Waals surface area contributed by atoms with Gasteiger partial charge in [-0.1, -0.05) is 43.0 Å². The average molecular weight is 273 g/mol. The van der Waals surface area contributed by atoms with Crippen molar-refractivity contribution in [2.24, 2.45) is 0 Å². The lowest BCUT2D eigenvalue weighted by molar-refractivity contribution is 0.883. The molecule has 0 N–H and O–H groups in total. The first kappa shape index (κ1) is 12.2. The van der Waals surface area contributed by atoms with E-state index in [1.165, 1.54) is 26.0 Å². The fourth-order valence-electron chi connectivity index (χ4n) is 2.27. The maximum absolute atomic E-state index is 2.38. The van der Waals surface area contributed by atoms with Crippen LogP contribution in [0.3, 0.4) is 0 Å². The summed E-state index contributed by atoms with van der Waals surface area (Å²) in [7, 11) is 0.240. The standard InChI is InChI=1S/C16H17S2/c1-3-12(2)18-15-10-6-4-8-13(15)17-14-9-5-7-11-16(14)18/h4-12H,3H2,1-2H3/q+1. The normalized spacial score (nSPS) is 15.9. The lowest BCUT2D eigenvalue weighted by Crippen LogP contribution is -2.21. The molecule has 0 nitrogen and oxygen atoms in total. The molecular weight excluding hydrogens is 256 g/mol. The van der Waals surface area contributed by atoms with Crippen molar-refractivity contribution in [2.45, 2.75) is 45.1 Å². The quantitative estimate of drug-likeness (QED) is 0.695. The van der Waals surface area contributed by atoms with Gasteiger partial charge in [-0.3, -0.25) is 0 Å². The van der Waals surface area contributed by atoms with Crippen LogP contribution in [0.15, 0.2) is 68.1 Å². The first-order valence-electron chi connectivity index (χ1n) is 6.40. The molecule has 1 aliphatic rings. The van der Waals surface area contributed by atoms with Crippen molar-refractivity contribution in [1.29, 1.82) is 0 Å². The summed E-state index contributed by atoms with van der Waals surface area (Å²) < 4.78 is 0. The minimum absolute atomic E-state index is 0.240. The summed E-state index contributed by atoms with van der Waals surface area (Å²) in [5.41, 5.74) is 0. The summed E-state index contributed by atoms with van der Waals surface area (Å²) in [5.74, 6) is 0. The van der Waals surface area contributed by atoms with Gasteiger partial charge in [0.2, 0.25) is 0 Å². The fraction of sp³-hybridized carbons (Fsp3) is 0.250. The zero-order chi connectivity index (χ0) is 12.5. The highest BCUT2D eigenvalue weighted by Crippen LogP contribution is 2.47. The van der Waals surface area contributed by atoms with Crippen LogP contribution in [0.4, 0.5) is 0 Å². The number of rotatable bonds is 2. The van der Waals surface area contributed by atoms with Crippen LogP contribution in [-0.4, -0.2) is 5.25 Å². The van der Waals surface area contributed by atoms with Crippen LogP contribution < -0.4 is 0 Å². The smallest absolute Gasteiger partial charge is 0.0795 e. The third-order valence-corrected chi connectivity index (χ3v) is 7.58. The SMILES string of the molecule is CCC(C)[S+]1c2ccccc2Sc2ccccc21. The van der Waals surface area contributed by atoms with Gasteiger partial charge in [0.1, 0.15) is 5.25 Å². The van der Waals surface area contributed by atoms with Crippen molar-refractivity contribution in [3.63, 3.8) is 0 Å². The lowest BCUT2D eigenvalue weighted by atomic mass is 10.3. The highest BCUT2D eigenvalue weighted by Gasteiger charge is 2.38. The Morgan fingerprint density at radius 3 is 1.94 bits per heavy atom. The molecule has 1 atom stereocenters. The van der Waals surface area contributed by atoms with Gasteiger partial charge in [-0.15, -0.1) is 0 Å². The molecule has 0 saturated carbocycles. The highest BCUT2D eigenvalue weighted by molar-refractivity contribution is 8.04. The van der Waals surface area contributed by atoms with E-state index in [2.05, 4.69) is 62.4 Å². The Morgan fingerprint density at radius 2 is 1.44 bits per heavy atom. The summed E-state index contributed by atoms with van der Waals surface area (Å²) in [6.45, 7) is 4.68. The van der Waals surface area contributed by atoms with E-state index in [1.54, 1.807) is 0 Å². The monoisotopic (exact) mass is 273 g/mol. The third kappa shape index (κ3) is 1.98. The molecular formula is C16H17S2+. The largest absolute Gasteiger partial charge is 0.174 e. The number of hydrogen-bond donors (Lipinski definition) is 0. The van der Waals surface area contributed by atoms with Gasteiger partial charge >= 0.3 is 0 Å². The number of hydrogen-bond acceptors (Lipinski definition) is 1. The summed E-state index contributed by atoms with van der Waals surface area (Å²) in [6.07, 6.45) is 1.23. The maximum Gasteiger partial charge on any atom is 0.174 e. The number of benzene rings is 2. The average Bonchev–Trinajstić information content (AvgIpc) is 2.44. The van der Waals surface area contributed by atoms with Crippen LogP contribution >= 0.6 is 11.8 Å². The molecule has 1 heterocycles. The van der Waals surface area contributed by atoms with Crippen LogP contribution in [0.1, 0.15) is 20.3 Å². The molecule has 0 fully saturated rings. The van der Waals surface area contributed by atoms with Gasteiger partial charge in [0, 0.05) is 0 Å². The van der Waals surface area contributed by atoms with Gasteiger partial charge in [0.25, 0.3) is 0 Å². The molecule has 0 bridgehead atoms. The Hall–Kier alpha value is -0.860. The van der Waals surface area contributed by atoms with Crippen LogP contribution in [0.25, 0.3) is 0 Å². The molecule has 0 radical (unpaired) electrons. The van der Waals surface area contributed by atoms with E-state index in [0.29, 0.717) is 5.25 Å². The Morgan fingerprint density at radius 1 is 0.944 bits per heavy atom. The molecule has 18 heavy (non-hydrogen) atoms. The first-order chi connectivity index (χ1) is 8.81. The van der Waals surface area contributed by atoms with E-state index >= 15 is 0 Å². The molecule has 0 spiro atoms. The predicted octanol–water partition coefficient (Wildman–Crippen LogP) is 4.99. The second-order valence-corrected chi connectivity index (χ2v) is 8.00. The maximum atomic E-state index is 2.38. The van der Waals surface area contributed by atoms with Crippen LogP contribution in [0.2, 0.25) is 0 Å². The summed E-state index contributed by atoms with van der Waals surface area (Å²) >= 11 is 1.92. The lowest BCUT2D eigenvalue weighted by Gasteiger charge is -2.22. The molecule has 2 aromatic rings. The van der Waals surface area contributed by atoms with E-state index in [-0.39, 0.29) is 10.9 Å². The van der Waals surface area contributed by atoms with Crippen LogP contribution in [0.5, 0.6) is 0 Å². The number of fused-ring (bicyclic) bond motifs is 2. The predicted molar refractivity (Wildman–Crippen MR) is 80.7 cm³/mol. The Kier molecular flexibility index (Phi) is 3.40. The second-order valence-electron chi connectivity index (χ2n) is 4.55. The summed E-state index contributed by atoms with van der Waals surface area (Å²) in [4.78, 5) is 5.96. The van der Waals surface area contributed by atoms with Crippen molar-refractivity contribution in [3.05, 3.63) is 48.5 Å². The van der Waals surface area contributed by atoms with Crippen LogP contribution in [0, 0.1) is 0 Å². The van der Waals surface area contributed by atoms with Crippen molar-refractivity contribution in [2.75, 3.05) is 0 Å². The van der Waals surface area contributed by atoms with Crippen LogP contribution in [-0.2, 0) is 10.9 Å². The van der Waals surface area contributed by atoms with Gasteiger partial charge in [-0.2, -0.15) is 0 Å². The summed E-state index contributed by atoms with van der Waals surface area (Å²) in [5, 5.41) is 0.716. The molecule has 0 saturated heterocycles. The summed E-state index contributed by atoms with van der Waals surface area (Å²) in [6, 6.07) is 17.8. The topological polar surface area (TPSA) is 0 Å². The molecule has 3 rings (SSSR count).